The Balaban J connectivity index is 2.11. The Bertz CT molecular complexity index is 802. The normalized spacial score (nSPS) is 17.7. The number of carbonyl (C=O) groups is 2. The van der Waals surface area contributed by atoms with Gasteiger partial charge in [-0.3, -0.25) is 4.79 Å². The van der Waals surface area contributed by atoms with E-state index in [4.69, 9.17) is 4.74 Å². The number of rotatable bonds is 3. The van der Waals surface area contributed by atoms with Crippen molar-refractivity contribution in [3.63, 3.8) is 0 Å². The van der Waals surface area contributed by atoms with Crippen molar-refractivity contribution < 1.29 is 19.4 Å². The van der Waals surface area contributed by atoms with Crippen LogP contribution in [-0.4, -0.2) is 47.2 Å². The van der Waals surface area contributed by atoms with E-state index in [0.717, 1.165) is 15.8 Å². The summed E-state index contributed by atoms with van der Waals surface area (Å²) in [5, 5.41) is 10.0. The Morgan fingerprint density at radius 3 is 2.70 bits per heavy atom. The van der Waals surface area contributed by atoms with Crippen molar-refractivity contribution in [2.75, 3.05) is 25.1 Å². The maximum absolute atomic E-state index is 11.9. The van der Waals surface area contributed by atoms with Crippen LogP contribution in [0.25, 0.3) is 10.2 Å². The third-order valence-corrected chi connectivity index (χ3v) is 5.26. The van der Waals surface area contributed by atoms with Crippen LogP contribution < -0.4 is 4.90 Å². The minimum Gasteiger partial charge on any atom is -0.481 e. The minimum atomic E-state index is -0.785. The van der Waals surface area contributed by atoms with Gasteiger partial charge < -0.3 is 14.7 Å². The minimum absolute atomic E-state index is 0.389. The average molecular weight is 335 g/mol. The van der Waals surface area contributed by atoms with E-state index in [9.17, 15) is 14.7 Å². The fourth-order valence-corrected chi connectivity index (χ4v) is 4.03. The van der Waals surface area contributed by atoms with E-state index >= 15 is 0 Å². The highest BCUT2D eigenvalue weighted by Gasteiger charge is 2.31. The van der Waals surface area contributed by atoms with Crippen molar-refractivity contribution >= 4 is 39.3 Å². The lowest BCUT2D eigenvalue weighted by atomic mass is 10.1. The number of hydrogen-bond donors (Lipinski definition) is 1. The summed E-state index contributed by atoms with van der Waals surface area (Å²) in [6, 6.07) is 0. The molecule has 1 fully saturated rings. The first-order chi connectivity index (χ1) is 10.9. The number of thiophene rings is 1. The van der Waals surface area contributed by atoms with E-state index in [1.54, 1.807) is 6.92 Å². The second-order valence-corrected chi connectivity index (χ2v) is 6.59. The molecule has 1 N–H and O–H groups in total. The zero-order valence-electron chi connectivity index (χ0n) is 13.1. The van der Waals surface area contributed by atoms with Gasteiger partial charge in [-0.2, -0.15) is 0 Å². The predicted molar refractivity (Wildman–Crippen MR) is 86.2 cm³/mol. The zero-order chi connectivity index (χ0) is 16.7. The quantitative estimate of drug-likeness (QED) is 0.858. The molecule has 8 heteroatoms. The molecule has 0 amide bonds. The van der Waals surface area contributed by atoms with Crippen molar-refractivity contribution in [1.82, 2.24) is 9.97 Å². The van der Waals surface area contributed by atoms with Gasteiger partial charge in [0, 0.05) is 13.1 Å². The van der Waals surface area contributed by atoms with Gasteiger partial charge in [0.1, 0.15) is 21.3 Å². The zero-order valence-corrected chi connectivity index (χ0v) is 13.9. The van der Waals surface area contributed by atoms with Crippen LogP contribution in [0, 0.1) is 19.8 Å². The molecule has 1 atom stereocenters. The number of anilines is 1. The van der Waals surface area contributed by atoms with Crippen LogP contribution in [0.1, 0.15) is 27.5 Å². The van der Waals surface area contributed by atoms with Crippen molar-refractivity contribution in [2.24, 2.45) is 5.92 Å². The van der Waals surface area contributed by atoms with E-state index in [0.29, 0.717) is 36.0 Å². The van der Waals surface area contributed by atoms with Crippen LogP contribution in [-0.2, 0) is 9.53 Å². The van der Waals surface area contributed by atoms with Crippen LogP contribution in [0.4, 0.5) is 5.82 Å². The molecule has 1 aliphatic heterocycles. The molecule has 23 heavy (non-hydrogen) atoms. The summed E-state index contributed by atoms with van der Waals surface area (Å²) in [5.41, 5.74) is 0.783. The van der Waals surface area contributed by atoms with E-state index in [1.807, 2.05) is 11.8 Å². The first-order valence-corrected chi connectivity index (χ1v) is 8.07. The smallest absolute Gasteiger partial charge is 0.348 e. The molecule has 1 unspecified atom stereocenters. The Morgan fingerprint density at radius 2 is 2.09 bits per heavy atom. The molecule has 122 valence electrons. The molecule has 0 bridgehead atoms. The molecule has 2 aromatic rings. The lowest BCUT2D eigenvalue weighted by molar-refractivity contribution is -0.140. The van der Waals surface area contributed by atoms with Gasteiger partial charge in [0.2, 0.25) is 0 Å². The summed E-state index contributed by atoms with van der Waals surface area (Å²) in [6.07, 6.45) is 0.590. The van der Waals surface area contributed by atoms with Crippen LogP contribution in [0.2, 0.25) is 0 Å². The van der Waals surface area contributed by atoms with Crippen LogP contribution in [0.15, 0.2) is 0 Å². The van der Waals surface area contributed by atoms with Gasteiger partial charge in [-0.25, -0.2) is 14.8 Å². The highest BCUT2D eigenvalue weighted by molar-refractivity contribution is 7.20. The molecule has 0 saturated carbocycles. The first-order valence-electron chi connectivity index (χ1n) is 7.26. The maximum Gasteiger partial charge on any atom is 0.348 e. The predicted octanol–water partition coefficient (Wildman–Crippen LogP) is 2.01. The number of aryl methyl sites for hydroxylation is 2. The Morgan fingerprint density at radius 1 is 1.35 bits per heavy atom. The number of aliphatic carboxylic acids is 1. The highest BCUT2D eigenvalue weighted by Crippen LogP contribution is 2.37. The topological polar surface area (TPSA) is 92.6 Å². The second kappa shape index (κ2) is 5.77. The fraction of sp³-hybridized carbons (Fsp3) is 0.467. The fourth-order valence-electron chi connectivity index (χ4n) is 2.89. The second-order valence-electron chi connectivity index (χ2n) is 5.59. The number of fused-ring (bicyclic) bond motifs is 1. The van der Waals surface area contributed by atoms with E-state index in [-0.39, 0.29) is 11.9 Å². The maximum atomic E-state index is 11.9. The molecule has 0 spiro atoms. The number of carbonyl (C=O) groups excluding carboxylic acids is 1. The molecule has 2 aromatic heterocycles. The van der Waals surface area contributed by atoms with E-state index in [2.05, 4.69) is 9.97 Å². The number of carboxylic acids is 1. The van der Waals surface area contributed by atoms with Crippen LogP contribution >= 0.6 is 11.3 Å². The van der Waals surface area contributed by atoms with E-state index < -0.39 is 5.97 Å². The van der Waals surface area contributed by atoms with Crippen molar-refractivity contribution in [3.05, 3.63) is 16.3 Å². The molecule has 3 heterocycles. The number of methoxy groups -OCH3 is 1. The van der Waals surface area contributed by atoms with Crippen LogP contribution in [0.3, 0.4) is 0 Å². The molecular weight excluding hydrogens is 318 g/mol. The molecule has 0 aliphatic carbocycles. The Labute approximate surface area is 136 Å². The Kier molecular flexibility index (Phi) is 3.93. The van der Waals surface area contributed by atoms with Crippen molar-refractivity contribution in [2.45, 2.75) is 20.3 Å². The van der Waals surface area contributed by atoms with Crippen molar-refractivity contribution in [3.8, 4) is 0 Å². The summed E-state index contributed by atoms with van der Waals surface area (Å²) in [7, 11) is 1.35. The molecule has 3 rings (SSSR count). The number of nitrogens with zero attached hydrogens (tertiary/aromatic N) is 3. The van der Waals surface area contributed by atoms with Gasteiger partial charge in [-0.05, 0) is 25.8 Å². The van der Waals surface area contributed by atoms with Crippen molar-refractivity contribution in [1.29, 1.82) is 0 Å². The molecule has 7 nitrogen and oxygen atoms in total. The first kappa shape index (κ1) is 15.7. The van der Waals surface area contributed by atoms with Gasteiger partial charge in [0.25, 0.3) is 0 Å². The van der Waals surface area contributed by atoms with Gasteiger partial charge in [-0.1, -0.05) is 0 Å². The SMILES string of the molecule is COC(=O)c1sc2nc(C)nc(N3CCC(C(=O)O)C3)c2c1C. The van der Waals surface area contributed by atoms with Gasteiger partial charge in [-0.15, -0.1) is 11.3 Å². The average Bonchev–Trinajstić information content (AvgIpc) is 3.11. The highest BCUT2D eigenvalue weighted by atomic mass is 32.1. The van der Waals surface area contributed by atoms with Crippen LogP contribution in [0.5, 0.6) is 0 Å². The van der Waals surface area contributed by atoms with E-state index in [1.165, 1.54) is 18.4 Å². The molecule has 0 radical (unpaired) electrons. The number of hydrogen-bond acceptors (Lipinski definition) is 7. The lowest BCUT2D eigenvalue weighted by Crippen LogP contribution is -2.24. The number of esters is 1. The summed E-state index contributed by atoms with van der Waals surface area (Å²) >= 11 is 1.28. The van der Waals surface area contributed by atoms with Gasteiger partial charge >= 0.3 is 11.9 Å². The monoisotopic (exact) mass is 335 g/mol. The lowest BCUT2D eigenvalue weighted by Gasteiger charge is -2.18. The third-order valence-electron chi connectivity index (χ3n) is 4.09. The largest absolute Gasteiger partial charge is 0.481 e. The number of carboxylic acid groups (broad SMARTS) is 1. The molecule has 1 aliphatic rings. The standard InChI is InChI=1S/C15H17N3O4S/c1-7-10-12(18-5-4-9(6-18)14(19)20)16-8(2)17-13(10)23-11(7)15(21)22-3/h9H,4-6H2,1-3H3,(H,19,20). The summed E-state index contributed by atoms with van der Waals surface area (Å²) in [6.45, 7) is 4.69. The summed E-state index contributed by atoms with van der Waals surface area (Å²) < 4.78 is 4.82. The number of aromatic nitrogens is 2. The van der Waals surface area contributed by atoms with Gasteiger partial charge in [0.15, 0.2) is 0 Å². The number of ether oxygens (including phenoxy) is 1. The Hall–Kier alpha value is -2.22. The van der Waals surface area contributed by atoms with Gasteiger partial charge in [0.05, 0.1) is 18.4 Å². The molecule has 0 aromatic carbocycles. The molecule has 1 saturated heterocycles. The molecular formula is C15H17N3O4S. The third kappa shape index (κ3) is 2.63. The summed E-state index contributed by atoms with van der Waals surface area (Å²) in [5.74, 6) is -0.255. The summed E-state index contributed by atoms with van der Waals surface area (Å²) in [4.78, 5) is 35.2.